The maximum absolute atomic E-state index is 13.1. The van der Waals surface area contributed by atoms with Crippen LogP contribution in [0.4, 0.5) is 17.1 Å². The number of benzene rings is 3. The molecule has 4 aromatic rings. The number of hydrogen-bond acceptors (Lipinski definition) is 6. The van der Waals surface area contributed by atoms with Crippen LogP contribution in [0.1, 0.15) is 11.3 Å². The maximum atomic E-state index is 13.1. The van der Waals surface area contributed by atoms with Crippen molar-refractivity contribution in [3.8, 4) is 0 Å². The summed E-state index contributed by atoms with van der Waals surface area (Å²) in [5, 5.41) is 16.6. The summed E-state index contributed by atoms with van der Waals surface area (Å²) < 4.78 is 28.5. The molecule has 0 aliphatic heterocycles. The minimum atomic E-state index is -4.23. The Hall–Kier alpha value is -3.89. The van der Waals surface area contributed by atoms with Crippen LogP contribution in [0.25, 0.3) is 10.9 Å². The second kappa shape index (κ2) is 8.93. The van der Waals surface area contributed by atoms with Gasteiger partial charge in [0.2, 0.25) is 0 Å². The van der Waals surface area contributed by atoms with Crippen molar-refractivity contribution in [3.05, 3.63) is 93.1 Å². The highest BCUT2D eigenvalue weighted by atomic mass is 35.5. The van der Waals surface area contributed by atoms with Gasteiger partial charge in [-0.05, 0) is 31.2 Å². The number of H-pyrrole nitrogens is 1. The summed E-state index contributed by atoms with van der Waals surface area (Å²) in [5.74, 6) is 0. The number of sulfonamides is 1. The van der Waals surface area contributed by atoms with Crippen LogP contribution >= 0.6 is 11.6 Å². The highest BCUT2D eigenvalue weighted by Crippen LogP contribution is 2.30. The predicted octanol–water partition coefficient (Wildman–Crippen LogP) is 5.28. The van der Waals surface area contributed by atoms with Crippen molar-refractivity contribution < 1.29 is 13.3 Å². The molecule has 0 atom stereocenters. The Morgan fingerprint density at radius 3 is 2.55 bits per heavy atom. The molecule has 1 aromatic heterocycles. The van der Waals surface area contributed by atoms with Crippen LogP contribution in [0.2, 0.25) is 5.02 Å². The summed E-state index contributed by atoms with van der Waals surface area (Å²) in [4.78, 5) is 13.5. The molecule has 0 fully saturated rings. The molecule has 3 N–H and O–H groups in total. The smallest absolute Gasteiger partial charge is 0.270 e. The Labute approximate surface area is 194 Å². The summed E-state index contributed by atoms with van der Waals surface area (Å²) in [5.41, 5.74) is 5.19. The monoisotopic (exact) mass is 483 g/mol. The number of hydrogen-bond donors (Lipinski definition) is 3. The molecular formula is C22H18ClN5O4S. The lowest BCUT2D eigenvalue weighted by Crippen LogP contribution is -2.15. The lowest BCUT2D eigenvalue weighted by atomic mass is 10.1. The Bertz CT molecular complexity index is 1500. The summed E-state index contributed by atoms with van der Waals surface area (Å²) in [6.45, 7) is 1.90. The van der Waals surface area contributed by atoms with E-state index in [9.17, 15) is 18.5 Å². The molecule has 0 aliphatic rings. The van der Waals surface area contributed by atoms with Crippen molar-refractivity contribution >= 4 is 55.8 Å². The van der Waals surface area contributed by atoms with Crippen molar-refractivity contribution in [2.24, 2.45) is 5.10 Å². The second-order valence-electron chi connectivity index (χ2n) is 7.10. The number of rotatable bonds is 7. The van der Waals surface area contributed by atoms with Gasteiger partial charge in [0.05, 0.1) is 27.5 Å². The SMILES string of the molecule is Cc1[nH]c2ccccc2c1/C=N/Nc1ccc([N+](=O)[O-])cc1S(=O)(=O)Nc1ccccc1Cl. The zero-order valence-electron chi connectivity index (χ0n) is 17.2. The zero-order chi connectivity index (χ0) is 23.6. The van der Waals surface area contributed by atoms with E-state index in [4.69, 9.17) is 11.6 Å². The molecule has 168 valence electrons. The van der Waals surface area contributed by atoms with Crippen LogP contribution in [-0.2, 0) is 10.0 Å². The molecule has 0 bridgehead atoms. The Balaban J connectivity index is 1.70. The number of nitrogens with one attached hydrogen (secondary N) is 3. The normalized spacial score (nSPS) is 11.7. The molecule has 9 nitrogen and oxygen atoms in total. The van der Waals surface area contributed by atoms with Gasteiger partial charge in [0.1, 0.15) is 4.90 Å². The third-order valence-corrected chi connectivity index (χ3v) is 6.64. The van der Waals surface area contributed by atoms with Gasteiger partial charge in [-0.25, -0.2) is 8.42 Å². The molecular weight excluding hydrogens is 466 g/mol. The molecule has 3 aromatic carbocycles. The number of halogens is 1. The number of aryl methyl sites for hydroxylation is 1. The highest BCUT2D eigenvalue weighted by molar-refractivity contribution is 7.93. The van der Waals surface area contributed by atoms with Crippen LogP contribution in [-0.4, -0.2) is 24.5 Å². The van der Waals surface area contributed by atoms with Crippen molar-refractivity contribution in [2.75, 3.05) is 10.1 Å². The highest BCUT2D eigenvalue weighted by Gasteiger charge is 2.23. The van der Waals surface area contributed by atoms with E-state index in [1.165, 1.54) is 24.3 Å². The molecule has 0 saturated heterocycles. The summed E-state index contributed by atoms with van der Waals surface area (Å²) in [7, 11) is -4.23. The van der Waals surface area contributed by atoms with Gasteiger partial charge in [-0.3, -0.25) is 20.3 Å². The average Bonchev–Trinajstić information content (AvgIpc) is 3.10. The van der Waals surface area contributed by atoms with Crippen molar-refractivity contribution in [3.63, 3.8) is 0 Å². The summed E-state index contributed by atoms with van der Waals surface area (Å²) >= 11 is 6.07. The molecule has 0 spiro atoms. The van der Waals surface area contributed by atoms with Crippen molar-refractivity contribution in [1.82, 2.24) is 4.98 Å². The zero-order valence-corrected chi connectivity index (χ0v) is 18.8. The number of fused-ring (bicyclic) bond motifs is 1. The van der Waals surface area contributed by atoms with E-state index < -0.39 is 14.9 Å². The van der Waals surface area contributed by atoms with E-state index in [0.717, 1.165) is 28.2 Å². The summed E-state index contributed by atoms with van der Waals surface area (Å²) in [6, 6.07) is 17.4. The number of non-ortho nitro benzene ring substituents is 1. The largest absolute Gasteiger partial charge is 0.358 e. The van der Waals surface area contributed by atoms with Gasteiger partial charge < -0.3 is 4.98 Å². The minimum absolute atomic E-state index is 0.0638. The molecule has 0 amide bonds. The third-order valence-electron chi connectivity index (χ3n) is 4.91. The van der Waals surface area contributed by atoms with Gasteiger partial charge >= 0.3 is 0 Å². The molecule has 1 heterocycles. The molecule has 33 heavy (non-hydrogen) atoms. The van der Waals surface area contributed by atoms with Gasteiger partial charge in [-0.15, -0.1) is 0 Å². The van der Waals surface area contributed by atoms with Gasteiger partial charge in [-0.1, -0.05) is 41.9 Å². The summed E-state index contributed by atoms with van der Waals surface area (Å²) in [6.07, 6.45) is 1.56. The van der Waals surface area contributed by atoms with E-state index >= 15 is 0 Å². The van der Waals surface area contributed by atoms with E-state index in [1.54, 1.807) is 18.3 Å². The molecule has 0 aliphatic carbocycles. The molecule has 4 rings (SSSR count). The van der Waals surface area contributed by atoms with Crippen LogP contribution in [0.15, 0.2) is 76.7 Å². The van der Waals surface area contributed by atoms with Gasteiger partial charge in [0, 0.05) is 34.3 Å². The lowest BCUT2D eigenvalue weighted by Gasteiger charge is -2.12. The number of para-hydroxylation sites is 2. The van der Waals surface area contributed by atoms with Crippen LogP contribution in [0.5, 0.6) is 0 Å². The first kappa shape index (κ1) is 22.3. The lowest BCUT2D eigenvalue weighted by molar-refractivity contribution is -0.385. The van der Waals surface area contributed by atoms with E-state index in [1.807, 2.05) is 31.2 Å². The van der Waals surface area contributed by atoms with E-state index in [2.05, 4.69) is 20.2 Å². The molecule has 0 unspecified atom stereocenters. The number of hydrazone groups is 1. The Kier molecular flexibility index (Phi) is 6.03. The Morgan fingerprint density at radius 2 is 1.79 bits per heavy atom. The van der Waals surface area contributed by atoms with E-state index in [0.29, 0.717) is 0 Å². The topological polar surface area (TPSA) is 129 Å². The minimum Gasteiger partial charge on any atom is -0.358 e. The predicted molar refractivity (Wildman–Crippen MR) is 130 cm³/mol. The number of anilines is 2. The van der Waals surface area contributed by atoms with Crippen LogP contribution < -0.4 is 10.1 Å². The number of nitro groups is 1. The molecule has 11 heteroatoms. The van der Waals surface area contributed by atoms with Crippen molar-refractivity contribution in [2.45, 2.75) is 11.8 Å². The van der Waals surface area contributed by atoms with Gasteiger partial charge in [0.25, 0.3) is 15.7 Å². The van der Waals surface area contributed by atoms with Gasteiger partial charge in [0.15, 0.2) is 0 Å². The number of nitro benzene ring substituents is 1. The van der Waals surface area contributed by atoms with Crippen molar-refractivity contribution in [1.29, 1.82) is 0 Å². The molecule has 0 radical (unpaired) electrons. The van der Waals surface area contributed by atoms with E-state index in [-0.39, 0.29) is 27.0 Å². The number of aromatic amines is 1. The van der Waals surface area contributed by atoms with Crippen LogP contribution in [0.3, 0.4) is 0 Å². The quantitative estimate of drug-likeness (QED) is 0.187. The third kappa shape index (κ3) is 4.66. The van der Waals surface area contributed by atoms with Gasteiger partial charge in [-0.2, -0.15) is 5.10 Å². The second-order valence-corrected chi connectivity index (χ2v) is 9.16. The standard InChI is InChI=1S/C22H18ClN5O4S/c1-14-17(16-6-2-4-8-19(16)25-14)13-24-26-21-11-10-15(28(29)30)12-22(21)33(31,32)27-20-9-5-3-7-18(20)23/h2-13,25-27H,1H3/b24-13+. The Morgan fingerprint density at radius 1 is 1.06 bits per heavy atom. The molecule has 0 saturated carbocycles. The fourth-order valence-corrected chi connectivity index (χ4v) is 4.81. The fourth-order valence-electron chi connectivity index (χ4n) is 3.31. The number of aromatic nitrogens is 1. The number of nitrogens with zero attached hydrogens (tertiary/aromatic N) is 2. The fraction of sp³-hybridized carbons (Fsp3) is 0.0455. The van der Waals surface area contributed by atoms with Crippen LogP contribution in [0, 0.1) is 17.0 Å². The average molecular weight is 484 g/mol. The first-order valence-electron chi connectivity index (χ1n) is 9.68. The maximum Gasteiger partial charge on any atom is 0.270 e. The first-order chi connectivity index (χ1) is 15.8. The first-order valence-corrected chi connectivity index (χ1v) is 11.5.